The molecule has 0 spiro atoms. The average molecular weight is 458 g/mol. The second kappa shape index (κ2) is 9.64. The van der Waals surface area contributed by atoms with Crippen LogP contribution in [0, 0.1) is 5.41 Å². The van der Waals surface area contributed by atoms with Gasteiger partial charge in [0, 0.05) is 37.5 Å². The zero-order valence-electron chi connectivity index (χ0n) is 19.5. The maximum Gasteiger partial charge on any atom is 0.225 e. The molecule has 9 nitrogen and oxygen atoms in total. The van der Waals surface area contributed by atoms with Gasteiger partial charge in [-0.2, -0.15) is 0 Å². The van der Waals surface area contributed by atoms with E-state index in [2.05, 4.69) is 15.3 Å². The van der Waals surface area contributed by atoms with Gasteiger partial charge in [-0.25, -0.2) is 15.0 Å². The molecule has 0 atom stereocenters. The van der Waals surface area contributed by atoms with E-state index in [1.807, 2.05) is 62.5 Å². The van der Waals surface area contributed by atoms with E-state index >= 15 is 0 Å². The van der Waals surface area contributed by atoms with Crippen LogP contribution in [0.4, 0.5) is 11.5 Å². The third-order valence-electron chi connectivity index (χ3n) is 4.90. The number of nitrogens with two attached hydrogens (primary N) is 1. The smallest absolute Gasteiger partial charge is 0.225 e. The summed E-state index contributed by atoms with van der Waals surface area (Å²) >= 11 is 1.52. The maximum absolute atomic E-state index is 12.2. The Bertz CT molecular complexity index is 1110. The number of hydrogen-bond donors (Lipinski definition) is 2. The number of carbonyl (C=O) groups is 1. The van der Waals surface area contributed by atoms with Crippen molar-refractivity contribution in [2.24, 2.45) is 5.41 Å². The van der Waals surface area contributed by atoms with E-state index in [-0.39, 0.29) is 5.91 Å². The number of ether oxygens (including phenoxy) is 1. The zero-order valence-corrected chi connectivity index (χ0v) is 20.3. The number of hydrogen-bond acceptors (Lipinski definition) is 8. The van der Waals surface area contributed by atoms with Crippen LogP contribution < -0.4 is 20.7 Å². The predicted molar refractivity (Wildman–Crippen MR) is 128 cm³/mol. The molecule has 1 amide bonds. The van der Waals surface area contributed by atoms with Gasteiger partial charge in [-0.1, -0.05) is 20.8 Å². The monoisotopic (exact) mass is 457 g/mol. The minimum atomic E-state index is -0.417. The fourth-order valence-electron chi connectivity index (χ4n) is 3.09. The van der Waals surface area contributed by atoms with Crippen LogP contribution in [0.1, 0.15) is 27.2 Å². The first-order chi connectivity index (χ1) is 15.1. The molecule has 2 aromatic heterocycles. The molecule has 0 saturated heterocycles. The number of aryl methyl sites for hydroxylation is 1. The number of nitrogen functional groups attached to an aromatic ring is 1. The van der Waals surface area contributed by atoms with Crippen LogP contribution in [-0.4, -0.2) is 53.2 Å². The number of anilines is 2. The Balaban J connectivity index is 1.91. The third-order valence-corrected chi connectivity index (χ3v) is 5.94. The molecule has 10 heteroatoms. The first kappa shape index (κ1) is 23.6. The summed E-state index contributed by atoms with van der Waals surface area (Å²) in [4.78, 5) is 28.5. The predicted octanol–water partition coefficient (Wildman–Crippen LogP) is 3.19. The number of amides is 1. The normalized spacial score (nSPS) is 11.6. The van der Waals surface area contributed by atoms with E-state index < -0.39 is 5.41 Å². The van der Waals surface area contributed by atoms with Crippen LogP contribution in [-0.2, 0) is 11.3 Å². The third kappa shape index (κ3) is 5.24. The SMILES string of the molecule is COc1ccc(N(C)C)c(Sc2nc3c(N)ncnc3n2CCCNC(=O)C(C)(C)C)c1. The van der Waals surface area contributed by atoms with Gasteiger partial charge in [0.25, 0.3) is 0 Å². The highest BCUT2D eigenvalue weighted by atomic mass is 32.2. The maximum atomic E-state index is 12.2. The quantitative estimate of drug-likeness (QED) is 0.496. The molecule has 0 aliphatic rings. The molecule has 3 aromatic rings. The van der Waals surface area contributed by atoms with Crippen molar-refractivity contribution in [1.29, 1.82) is 0 Å². The first-order valence-corrected chi connectivity index (χ1v) is 11.2. The summed E-state index contributed by atoms with van der Waals surface area (Å²) in [6.07, 6.45) is 2.17. The van der Waals surface area contributed by atoms with Crippen LogP contribution in [0.3, 0.4) is 0 Å². The van der Waals surface area contributed by atoms with Gasteiger partial charge >= 0.3 is 0 Å². The Morgan fingerprint density at radius 3 is 2.69 bits per heavy atom. The van der Waals surface area contributed by atoms with Crippen LogP contribution in [0.5, 0.6) is 5.75 Å². The van der Waals surface area contributed by atoms with Gasteiger partial charge in [0.1, 0.15) is 12.1 Å². The summed E-state index contributed by atoms with van der Waals surface area (Å²) in [6.45, 7) is 6.88. The van der Waals surface area contributed by atoms with E-state index in [9.17, 15) is 4.79 Å². The highest BCUT2D eigenvalue weighted by Gasteiger charge is 2.21. The van der Waals surface area contributed by atoms with Crippen molar-refractivity contribution in [3.05, 3.63) is 24.5 Å². The fourth-order valence-corrected chi connectivity index (χ4v) is 4.24. The summed E-state index contributed by atoms with van der Waals surface area (Å²) in [7, 11) is 5.64. The lowest BCUT2D eigenvalue weighted by atomic mass is 9.96. The Hall–Kier alpha value is -3.01. The second-order valence-corrected chi connectivity index (χ2v) is 9.68. The summed E-state index contributed by atoms with van der Waals surface area (Å²) in [5.74, 6) is 1.14. The van der Waals surface area contributed by atoms with Crippen molar-refractivity contribution in [3.63, 3.8) is 0 Å². The molecule has 0 aliphatic carbocycles. The van der Waals surface area contributed by atoms with Gasteiger partial charge in [-0.3, -0.25) is 4.79 Å². The van der Waals surface area contributed by atoms with Crippen molar-refractivity contribution < 1.29 is 9.53 Å². The topological polar surface area (TPSA) is 111 Å². The number of aromatic nitrogens is 4. The molecule has 172 valence electrons. The lowest BCUT2D eigenvalue weighted by Gasteiger charge is -2.19. The van der Waals surface area contributed by atoms with Crippen LogP contribution in [0.25, 0.3) is 11.2 Å². The molecule has 0 saturated carbocycles. The van der Waals surface area contributed by atoms with Crippen molar-refractivity contribution in [1.82, 2.24) is 24.8 Å². The second-order valence-electron chi connectivity index (χ2n) is 8.67. The van der Waals surface area contributed by atoms with Gasteiger partial charge in [0.15, 0.2) is 22.1 Å². The lowest BCUT2D eigenvalue weighted by Crippen LogP contribution is -2.35. The van der Waals surface area contributed by atoms with Gasteiger partial charge in [-0.05, 0) is 36.4 Å². The molecule has 3 rings (SSSR count). The van der Waals surface area contributed by atoms with E-state index in [4.69, 9.17) is 15.5 Å². The van der Waals surface area contributed by atoms with E-state index in [1.165, 1.54) is 18.1 Å². The van der Waals surface area contributed by atoms with E-state index in [0.29, 0.717) is 30.1 Å². The largest absolute Gasteiger partial charge is 0.497 e. The number of carbonyl (C=O) groups excluding carboxylic acids is 1. The Labute approximate surface area is 192 Å². The molecule has 32 heavy (non-hydrogen) atoms. The van der Waals surface area contributed by atoms with E-state index in [0.717, 1.165) is 27.9 Å². The van der Waals surface area contributed by atoms with Gasteiger partial charge in [-0.15, -0.1) is 0 Å². The van der Waals surface area contributed by atoms with Crippen molar-refractivity contribution in [3.8, 4) is 5.75 Å². The van der Waals surface area contributed by atoms with Gasteiger partial charge in [0.05, 0.1) is 12.8 Å². The molecule has 0 aliphatic heterocycles. The van der Waals surface area contributed by atoms with Gasteiger partial charge in [0.2, 0.25) is 5.91 Å². The fraction of sp³-hybridized carbons (Fsp3) is 0.455. The molecule has 3 N–H and O–H groups in total. The number of methoxy groups -OCH3 is 1. The summed E-state index contributed by atoms with van der Waals surface area (Å²) in [5, 5.41) is 3.75. The number of nitrogens with one attached hydrogen (secondary N) is 1. The average Bonchev–Trinajstić information content (AvgIpc) is 3.08. The number of nitrogens with zero attached hydrogens (tertiary/aromatic N) is 5. The van der Waals surface area contributed by atoms with Crippen molar-refractivity contribution >= 4 is 40.3 Å². The van der Waals surface area contributed by atoms with Crippen molar-refractivity contribution in [2.45, 2.75) is 43.8 Å². The van der Waals surface area contributed by atoms with Gasteiger partial charge < -0.3 is 25.3 Å². The molecule has 0 bridgehead atoms. The van der Waals surface area contributed by atoms with Crippen molar-refractivity contribution in [2.75, 3.05) is 38.4 Å². The standard InChI is InChI=1S/C22H31N7O2S/c1-22(2,3)20(30)24-10-7-11-29-19-17(18(23)25-13-26-19)27-21(29)32-16-12-14(31-6)8-9-15(16)28(4)5/h8-9,12-13H,7,10-11H2,1-6H3,(H,24,30)(H2,23,25,26). The molecular formula is C22H31N7O2S. The highest BCUT2D eigenvalue weighted by molar-refractivity contribution is 7.99. The highest BCUT2D eigenvalue weighted by Crippen LogP contribution is 2.38. The molecule has 0 fully saturated rings. The first-order valence-electron chi connectivity index (χ1n) is 10.4. The number of benzene rings is 1. The number of fused-ring (bicyclic) bond motifs is 1. The van der Waals surface area contributed by atoms with Crippen LogP contribution >= 0.6 is 11.8 Å². The Morgan fingerprint density at radius 2 is 2.03 bits per heavy atom. The van der Waals surface area contributed by atoms with Crippen LogP contribution in [0.2, 0.25) is 0 Å². The molecule has 0 radical (unpaired) electrons. The van der Waals surface area contributed by atoms with Crippen LogP contribution in [0.15, 0.2) is 34.6 Å². The van der Waals surface area contributed by atoms with E-state index in [1.54, 1.807) is 7.11 Å². The Morgan fingerprint density at radius 1 is 1.28 bits per heavy atom. The molecular weight excluding hydrogens is 426 g/mol. The molecule has 0 unspecified atom stereocenters. The number of imidazole rings is 1. The molecule has 2 heterocycles. The summed E-state index contributed by atoms with van der Waals surface area (Å²) in [5.41, 5.74) is 7.96. The summed E-state index contributed by atoms with van der Waals surface area (Å²) in [6, 6.07) is 5.94. The minimum Gasteiger partial charge on any atom is -0.497 e. The molecule has 1 aromatic carbocycles. The summed E-state index contributed by atoms with van der Waals surface area (Å²) < 4.78 is 7.45. The zero-order chi connectivity index (χ0) is 23.5. The number of rotatable bonds is 8. The lowest BCUT2D eigenvalue weighted by molar-refractivity contribution is -0.128. The minimum absolute atomic E-state index is 0.0289. The Kier molecular flexibility index (Phi) is 7.12.